The van der Waals surface area contributed by atoms with Gasteiger partial charge < -0.3 is 0 Å². The maximum absolute atomic E-state index is 12.9. The first-order chi connectivity index (χ1) is 12.6. The van der Waals surface area contributed by atoms with E-state index in [1.165, 1.54) is 21.3 Å². The molecule has 0 bridgehead atoms. The number of aromatic nitrogens is 4. The van der Waals surface area contributed by atoms with Crippen LogP contribution < -0.4 is 10.4 Å². The molecular formula is C18H25N5O3S. The molecular weight excluding hydrogens is 366 g/mol. The SMILES string of the molecule is CCn1nc(C)c([C@H](C)NS(=O)(=O)c2ccc3c(c2)n(C)c(=O)n3C)c1C. The first-order valence-corrected chi connectivity index (χ1v) is 10.3. The molecule has 27 heavy (non-hydrogen) atoms. The average molecular weight is 391 g/mol. The number of aryl methyl sites for hydroxylation is 4. The van der Waals surface area contributed by atoms with Gasteiger partial charge in [0.15, 0.2) is 0 Å². The zero-order valence-electron chi connectivity index (χ0n) is 16.4. The van der Waals surface area contributed by atoms with Gasteiger partial charge in [0, 0.05) is 37.9 Å². The Morgan fingerprint density at radius 2 is 1.78 bits per heavy atom. The fourth-order valence-corrected chi connectivity index (χ4v) is 4.89. The topological polar surface area (TPSA) is 90.9 Å². The summed E-state index contributed by atoms with van der Waals surface area (Å²) in [6, 6.07) is 4.28. The predicted octanol–water partition coefficient (Wildman–Crippen LogP) is 1.75. The van der Waals surface area contributed by atoms with E-state index in [1.54, 1.807) is 20.2 Å². The largest absolute Gasteiger partial charge is 0.328 e. The van der Waals surface area contributed by atoms with Crippen LogP contribution in [0.15, 0.2) is 27.9 Å². The number of hydrogen-bond acceptors (Lipinski definition) is 4. The average Bonchev–Trinajstić information content (AvgIpc) is 3.02. The van der Waals surface area contributed by atoms with Crippen molar-refractivity contribution < 1.29 is 8.42 Å². The molecule has 8 nitrogen and oxygen atoms in total. The number of sulfonamides is 1. The van der Waals surface area contributed by atoms with E-state index < -0.39 is 16.1 Å². The Labute approximate surface area is 158 Å². The van der Waals surface area contributed by atoms with Gasteiger partial charge in [0.1, 0.15) is 0 Å². The third kappa shape index (κ3) is 3.10. The summed E-state index contributed by atoms with van der Waals surface area (Å²) in [6.45, 7) is 8.36. The van der Waals surface area contributed by atoms with Gasteiger partial charge in [-0.3, -0.25) is 13.8 Å². The van der Waals surface area contributed by atoms with Crippen LogP contribution in [-0.4, -0.2) is 27.3 Å². The Morgan fingerprint density at radius 3 is 2.37 bits per heavy atom. The number of nitrogens with one attached hydrogen (secondary N) is 1. The molecule has 2 heterocycles. The molecule has 0 radical (unpaired) electrons. The Balaban J connectivity index is 2.00. The molecule has 1 atom stereocenters. The van der Waals surface area contributed by atoms with Crippen molar-refractivity contribution in [2.24, 2.45) is 14.1 Å². The molecule has 0 unspecified atom stereocenters. The van der Waals surface area contributed by atoms with Gasteiger partial charge in [-0.25, -0.2) is 17.9 Å². The Bertz CT molecular complexity index is 1180. The van der Waals surface area contributed by atoms with Crippen molar-refractivity contribution in [3.63, 3.8) is 0 Å². The fraction of sp³-hybridized carbons (Fsp3) is 0.444. The molecule has 0 saturated heterocycles. The third-order valence-electron chi connectivity index (χ3n) is 5.06. The van der Waals surface area contributed by atoms with Crippen molar-refractivity contribution in [3.05, 3.63) is 45.6 Å². The highest BCUT2D eigenvalue weighted by Crippen LogP contribution is 2.24. The van der Waals surface area contributed by atoms with Crippen LogP contribution in [0.25, 0.3) is 11.0 Å². The molecule has 2 aromatic heterocycles. The van der Waals surface area contributed by atoms with Crippen molar-refractivity contribution in [3.8, 4) is 0 Å². The van der Waals surface area contributed by atoms with Gasteiger partial charge in [-0.1, -0.05) is 0 Å². The molecule has 146 valence electrons. The highest BCUT2D eigenvalue weighted by Gasteiger charge is 2.24. The van der Waals surface area contributed by atoms with E-state index in [0.29, 0.717) is 11.0 Å². The van der Waals surface area contributed by atoms with E-state index in [1.807, 2.05) is 32.4 Å². The van der Waals surface area contributed by atoms with Crippen LogP contribution in [0.4, 0.5) is 0 Å². The molecule has 3 rings (SSSR count). The summed E-state index contributed by atoms with van der Waals surface area (Å²) in [5.74, 6) is 0. The molecule has 0 spiro atoms. The lowest BCUT2D eigenvalue weighted by molar-refractivity contribution is 0.565. The number of imidazole rings is 1. The van der Waals surface area contributed by atoms with Crippen molar-refractivity contribution >= 4 is 21.1 Å². The standard InChI is InChI=1S/C18H25N5O3S/c1-7-23-13(4)17(11(2)19-23)12(3)20-27(25,26)14-8-9-15-16(10-14)22(6)18(24)21(15)5/h8-10,12,20H,7H2,1-6H3/t12-/m0/s1. The zero-order chi connectivity index (χ0) is 20.1. The lowest BCUT2D eigenvalue weighted by atomic mass is 10.1. The second kappa shape index (κ2) is 6.65. The van der Waals surface area contributed by atoms with E-state index >= 15 is 0 Å². The minimum absolute atomic E-state index is 0.126. The van der Waals surface area contributed by atoms with Crippen molar-refractivity contribution in [2.75, 3.05) is 0 Å². The molecule has 1 N–H and O–H groups in total. The minimum atomic E-state index is -3.76. The molecule has 1 aromatic carbocycles. The molecule has 0 saturated carbocycles. The van der Waals surface area contributed by atoms with E-state index in [4.69, 9.17) is 0 Å². The number of benzene rings is 1. The lowest BCUT2D eigenvalue weighted by Crippen LogP contribution is -2.27. The van der Waals surface area contributed by atoms with Gasteiger partial charge in [-0.15, -0.1) is 0 Å². The van der Waals surface area contributed by atoms with Crippen molar-refractivity contribution in [1.29, 1.82) is 0 Å². The molecule has 3 aromatic rings. The van der Waals surface area contributed by atoms with Gasteiger partial charge in [0.25, 0.3) is 0 Å². The summed E-state index contributed by atoms with van der Waals surface area (Å²) in [5.41, 5.74) is 3.71. The van der Waals surface area contributed by atoms with Crippen LogP contribution in [0.1, 0.15) is 36.8 Å². The van der Waals surface area contributed by atoms with Gasteiger partial charge >= 0.3 is 5.69 Å². The summed E-state index contributed by atoms with van der Waals surface area (Å²) in [7, 11) is -0.471. The van der Waals surface area contributed by atoms with Crippen molar-refractivity contribution in [2.45, 2.75) is 45.2 Å². The molecule has 0 aliphatic carbocycles. The maximum Gasteiger partial charge on any atom is 0.328 e. The second-order valence-corrected chi connectivity index (χ2v) is 8.51. The Kier molecular flexibility index (Phi) is 4.77. The van der Waals surface area contributed by atoms with Crippen molar-refractivity contribution in [1.82, 2.24) is 23.6 Å². The van der Waals surface area contributed by atoms with E-state index in [0.717, 1.165) is 23.5 Å². The monoisotopic (exact) mass is 391 g/mol. The Morgan fingerprint density at radius 1 is 1.15 bits per heavy atom. The zero-order valence-corrected chi connectivity index (χ0v) is 17.3. The molecule has 0 aliphatic rings. The minimum Gasteiger partial charge on any atom is -0.295 e. The highest BCUT2D eigenvalue weighted by molar-refractivity contribution is 7.89. The Hall–Kier alpha value is -2.39. The van der Waals surface area contributed by atoms with E-state index in [2.05, 4.69) is 9.82 Å². The number of fused-ring (bicyclic) bond motifs is 1. The second-order valence-electron chi connectivity index (χ2n) is 6.79. The van der Waals surface area contributed by atoms with Crippen LogP contribution in [0, 0.1) is 13.8 Å². The smallest absolute Gasteiger partial charge is 0.295 e. The normalized spacial score (nSPS) is 13.4. The van der Waals surface area contributed by atoms with Gasteiger partial charge in [0.05, 0.1) is 21.6 Å². The third-order valence-corrected chi connectivity index (χ3v) is 6.59. The van der Waals surface area contributed by atoms with Gasteiger partial charge in [0.2, 0.25) is 10.0 Å². The summed E-state index contributed by atoms with van der Waals surface area (Å²) in [6.07, 6.45) is 0. The lowest BCUT2D eigenvalue weighted by Gasteiger charge is -2.15. The number of rotatable bonds is 5. The highest BCUT2D eigenvalue weighted by atomic mass is 32.2. The summed E-state index contributed by atoms with van der Waals surface area (Å²) >= 11 is 0. The first-order valence-electron chi connectivity index (χ1n) is 8.80. The molecule has 0 amide bonds. The quantitative estimate of drug-likeness (QED) is 0.717. The fourth-order valence-electron chi connectivity index (χ4n) is 3.66. The van der Waals surface area contributed by atoms with E-state index in [-0.39, 0.29) is 10.6 Å². The maximum atomic E-state index is 12.9. The molecule has 0 aliphatic heterocycles. The number of nitrogens with zero attached hydrogens (tertiary/aromatic N) is 4. The van der Waals surface area contributed by atoms with Gasteiger partial charge in [-0.05, 0) is 45.9 Å². The van der Waals surface area contributed by atoms with Crippen LogP contribution >= 0.6 is 0 Å². The van der Waals surface area contributed by atoms with E-state index in [9.17, 15) is 13.2 Å². The molecule has 0 fully saturated rings. The summed E-state index contributed by atoms with van der Waals surface area (Å²) in [4.78, 5) is 12.2. The van der Waals surface area contributed by atoms with Crippen LogP contribution in [-0.2, 0) is 30.7 Å². The van der Waals surface area contributed by atoms with Crippen LogP contribution in [0.3, 0.4) is 0 Å². The summed E-state index contributed by atoms with van der Waals surface area (Å²) < 4.78 is 33.4. The summed E-state index contributed by atoms with van der Waals surface area (Å²) in [5, 5.41) is 4.46. The van der Waals surface area contributed by atoms with Crippen LogP contribution in [0.5, 0.6) is 0 Å². The van der Waals surface area contributed by atoms with Gasteiger partial charge in [-0.2, -0.15) is 5.10 Å². The predicted molar refractivity (Wildman–Crippen MR) is 104 cm³/mol. The first kappa shape index (κ1) is 19.4. The molecule has 9 heteroatoms. The number of hydrogen-bond donors (Lipinski definition) is 1. The van der Waals surface area contributed by atoms with Crippen LogP contribution in [0.2, 0.25) is 0 Å².